The minimum absolute atomic E-state index is 0.0616. The third kappa shape index (κ3) is 14.9. The Labute approximate surface area is 151 Å². The van der Waals surface area contributed by atoms with Crippen LogP contribution in [0.1, 0.15) is 12.8 Å². The molecule has 0 heterocycles. The van der Waals surface area contributed by atoms with Crippen LogP contribution < -0.4 is 0 Å². The van der Waals surface area contributed by atoms with Crippen LogP contribution in [-0.2, 0) is 28.5 Å². The van der Waals surface area contributed by atoms with Gasteiger partial charge in [0.2, 0.25) is 0 Å². The normalized spacial score (nSPS) is 12.4. The van der Waals surface area contributed by atoms with E-state index >= 15 is 0 Å². The van der Waals surface area contributed by atoms with Crippen LogP contribution in [0.4, 0.5) is 0 Å². The Morgan fingerprint density at radius 3 is 0.962 bits per heavy atom. The summed E-state index contributed by atoms with van der Waals surface area (Å²) in [4.78, 5) is 73.9. The molecule has 0 spiro atoms. The van der Waals surface area contributed by atoms with Crippen molar-refractivity contribution in [1.82, 2.24) is 0 Å². The highest BCUT2D eigenvalue weighted by Crippen LogP contribution is 2.46. The minimum Gasteiger partial charge on any atom is -0.378 e. The van der Waals surface area contributed by atoms with E-state index in [9.17, 15) is 9.59 Å². The summed E-state index contributed by atoms with van der Waals surface area (Å²) >= 11 is 0. The summed E-state index contributed by atoms with van der Waals surface area (Å²) in [7, 11) is -8.86. The summed E-state index contributed by atoms with van der Waals surface area (Å²) in [6.45, 7) is 1.29. The van der Waals surface area contributed by atoms with Gasteiger partial charge in [-0.05, 0) is 0 Å². The first kappa shape index (κ1) is 25.8. The number of carbonyl (C=O) groups is 2. The average Bonchev–Trinajstić information content (AvgIpc) is 2.52. The third-order valence-corrected chi connectivity index (χ3v) is 4.49. The molecular formula is C12H26O12P2+2. The van der Waals surface area contributed by atoms with Crippen molar-refractivity contribution in [3.8, 4) is 0 Å². The van der Waals surface area contributed by atoms with Crippen LogP contribution in [0.25, 0.3) is 0 Å². The monoisotopic (exact) mass is 424 g/mol. The van der Waals surface area contributed by atoms with Crippen LogP contribution in [0.3, 0.4) is 0 Å². The number of ether oxygens (including phenoxy) is 4. The highest BCUT2D eigenvalue weighted by Gasteiger charge is 2.42. The largest absolute Gasteiger partial charge is 0.478 e. The molecule has 0 unspecified atom stereocenters. The molecule has 0 atom stereocenters. The molecule has 0 aromatic rings. The molecule has 0 aromatic carbocycles. The van der Waals surface area contributed by atoms with E-state index in [1.165, 1.54) is 0 Å². The first-order valence-electron chi connectivity index (χ1n) is 7.57. The first-order valence-corrected chi connectivity index (χ1v) is 10.9. The zero-order valence-electron chi connectivity index (χ0n) is 14.1. The summed E-state index contributed by atoms with van der Waals surface area (Å²) in [5.41, 5.74) is -2.10. The van der Waals surface area contributed by atoms with Crippen molar-refractivity contribution >= 4 is 26.9 Å². The molecule has 0 fully saturated rings. The van der Waals surface area contributed by atoms with Crippen LogP contribution in [0.2, 0.25) is 0 Å². The Balaban J connectivity index is 3.28. The van der Waals surface area contributed by atoms with Gasteiger partial charge in [0, 0.05) is 0 Å². The number of carbonyl (C=O) groups excluding carboxylic acids is 2. The molecule has 0 amide bonds. The molecule has 154 valence electrons. The number of rotatable bonds is 17. The summed E-state index contributed by atoms with van der Waals surface area (Å²) in [5, 5.41) is 0. The van der Waals surface area contributed by atoms with E-state index in [-0.39, 0.29) is 65.7 Å². The number of hydrogen-bond donors (Lipinski definition) is 6. The fraction of sp³-hybridized carbons (Fsp3) is 0.833. The Bertz CT molecular complexity index is 368. The lowest BCUT2D eigenvalue weighted by molar-refractivity contribution is -0.116. The van der Waals surface area contributed by atoms with Gasteiger partial charge in [-0.3, -0.25) is 0 Å². The molecular weight excluding hydrogens is 398 g/mol. The lowest BCUT2D eigenvalue weighted by Crippen LogP contribution is -2.14. The average molecular weight is 424 g/mol. The van der Waals surface area contributed by atoms with E-state index < -0.39 is 26.9 Å². The Morgan fingerprint density at radius 1 is 0.500 bits per heavy atom. The SMILES string of the molecule is O=C(CCOCCOCCOCCOCCC(=O)[P+](O)(O)O)[P+](O)(O)O. The van der Waals surface area contributed by atoms with Crippen LogP contribution >= 0.6 is 15.9 Å². The van der Waals surface area contributed by atoms with Crippen LogP contribution in [0.5, 0.6) is 0 Å². The van der Waals surface area contributed by atoms with E-state index in [1.54, 1.807) is 0 Å². The minimum atomic E-state index is -4.43. The van der Waals surface area contributed by atoms with Gasteiger partial charge in [-0.2, -0.15) is 29.4 Å². The van der Waals surface area contributed by atoms with Crippen LogP contribution in [0.15, 0.2) is 0 Å². The Kier molecular flexibility index (Phi) is 13.8. The van der Waals surface area contributed by atoms with E-state index in [2.05, 4.69) is 0 Å². The second-order valence-electron chi connectivity index (χ2n) is 4.87. The van der Waals surface area contributed by atoms with E-state index in [0.717, 1.165) is 0 Å². The van der Waals surface area contributed by atoms with Gasteiger partial charge >= 0.3 is 26.9 Å². The highest BCUT2D eigenvalue weighted by molar-refractivity contribution is 7.76. The van der Waals surface area contributed by atoms with Crippen molar-refractivity contribution in [1.29, 1.82) is 0 Å². The Morgan fingerprint density at radius 2 is 0.731 bits per heavy atom. The molecule has 0 aliphatic heterocycles. The van der Waals surface area contributed by atoms with Gasteiger partial charge in [0.25, 0.3) is 0 Å². The van der Waals surface area contributed by atoms with Gasteiger partial charge in [-0.1, -0.05) is 0 Å². The topological polar surface area (TPSA) is 192 Å². The second-order valence-corrected chi connectivity index (χ2v) is 8.14. The summed E-state index contributed by atoms with van der Waals surface area (Å²) in [5.74, 6) is 0. The number of hydrogen-bond acceptors (Lipinski definition) is 12. The molecule has 26 heavy (non-hydrogen) atoms. The molecule has 6 N–H and O–H groups in total. The zero-order valence-corrected chi connectivity index (χ0v) is 15.9. The molecule has 12 nitrogen and oxygen atoms in total. The molecule has 0 aliphatic rings. The maximum Gasteiger partial charge on any atom is 0.478 e. The lowest BCUT2D eigenvalue weighted by Gasteiger charge is -2.07. The molecule has 0 saturated carbocycles. The van der Waals surface area contributed by atoms with E-state index in [4.69, 9.17) is 48.3 Å². The smallest absolute Gasteiger partial charge is 0.378 e. The summed E-state index contributed by atoms with van der Waals surface area (Å²) in [6.07, 6.45) is -0.604. The third-order valence-electron chi connectivity index (χ3n) is 2.71. The van der Waals surface area contributed by atoms with Crippen LogP contribution in [0, 0.1) is 0 Å². The van der Waals surface area contributed by atoms with Crippen molar-refractivity contribution in [3.63, 3.8) is 0 Å². The summed E-state index contributed by atoms with van der Waals surface area (Å²) in [6, 6.07) is 0. The summed E-state index contributed by atoms with van der Waals surface area (Å²) < 4.78 is 20.4. The van der Waals surface area contributed by atoms with Crippen molar-refractivity contribution in [3.05, 3.63) is 0 Å². The zero-order chi connectivity index (χ0) is 20.1. The lowest BCUT2D eigenvalue weighted by atomic mass is 10.5. The Hall–Kier alpha value is -0.200. The first-order chi connectivity index (χ1) is 12.0. The van der Waals surface area contributed by atoms with Gasteiger partial charge in [0.1, 0.15) is 0 Å². The predicted octanol–water partition coefficient (Wildman–Crippen LogP) is -1.63. The highest BCUT2D eigenvalue weighted by atomic mass is 31.2. The van der Waals surface area contributed by atoms with E-state index in [0.29, 0.717) is 0 Å². The van der Waals surface area contributed by atoms with Gasteiger partial charge < -0.3 is 18.9 Å². The standard InChI is InChI=1S/C12H26O12P2/c13-11(25(15,16)17)1-3-21-5-7-23-9-10-24-8-6-22-4-2-12(14)26(18,19)20/h15-20H,1-10H2/q+2. The second kappa shape index (κ2) is 13.9. The van der Waals surface area contributed by atoms with Gasteiger partial charge in [-0.25, -0.2) is 9.59 Å². The van der Waals surface area contributed by atoms with Gasteiger partial charge in [0.05, 0.1) is 65.7 Å². The fourth-order valence-corrected chi connectivity index (χ4v) is 2.16. The van der Waals surface area contributed by atoms with Crippen molar-refractivity contribution in [2.24, 2.45) is 0 Å². The van der Waals surface area contributed by atoms with Gasteiger partial charge in [0.15, 0.2) is 0 Å². The maximum atomic E-state index is 11.0. The molecule has 0 radical (unpaired) electrons. The maximum absolute atomic E-state index is 11.0. The fourth-order valence-electron chi connectivity index (χ4n) is 1.38. The van der Waals surface area contributed by atoms with Crippen molar-refractivity contribution in [2.45, 2.75) is 12.8 Å². The van der Waals surface area contributed by atoms with Crippen LogP contribution in [-0.4, -0.2) is 93.3 Å². The van der Waals surface area contributed by atoms with Crippen molar-refractivity contribution < 1.29 is 57.9 Å². The molecule has 0 saturated heterocycles. The molecule has 14 heteroatoms. The van der Waals surface area contributed by atoms with E-state index in [1.807, 2.05) is 0 Å². The molecule has 0 aromatic heterocycles. The molecule has 0 rings (SSSR count). The van der Waals surface area contributed by atoms with Crippen molar-refractivity contribution in [2.75, 3.05) is 52.9 Å². The van der Waals surface area contributed by atoms with Gasteiger partial charge in [-0.15, -0.1) is 0 Å². The predicted molar refractivity (Wildman–Crippen MR) is 89.7 cm³/mol. The molecule has 0 aliphatic carbocycles. The molecule has 0 bridgehead atoms. The quantitative estimate of drug-likeness (QED) is 0.115.